The second kappa shape index (κ2) is 14.5. The van der Waals surface area contributed by atoms with Crippen molar-refractivity contribution >= 4 is 45.0 Å². The summed E-state index contributed by atoms with van der Waals surface area (Å²) in [6.07, 6.45) is 8.85. The Labute approximate surface area is 298 Å². The van der Waals surface area contributed by atoms with Gasteiger partial charge in [-0.25, -0.2) is 24.0 Å². The topological polar surface area (TPSA) is 121 Å². The molecular weight excluding hydrogens is 664 g/mol. The molecular formula is C41H35F2N5O4. The highest BCUT2D eigenvalue weighted by Crippen LogP contribution is 2.39. The summed E-state index contributed by atoms with van der Waals surface area (Å²) in [7, 11) is 1.55. The third kappa shape index (κ3) is 6.98. The van der Waals surface area contributed by atoms with Gasteiger partial charge >= 0.3 is 6.03 Å². The van der Waals surface area contributed by atoms with Crippen LogP contribution in [0.15, 0.2) is 114 Å². The highest BCUT2D eigenvalue weighted by Gasteiger charge is 2.30. The van der Waals surface area contributed by atoms with Gasteiger partial charge in [0, 0.05) is 34.6 Å². The van der Waals surface area contributed by atoms with E-state index >= 15 is 4.39 Å². The molecule has 0 radical (unpaired) electrons. The minimum atomic E-state index is -1.02. The molecule has 2 aromatic heterocycles. The number of fused-ring (bicyclic) bond motifs is 3. The molecule has 1 unspecified atom stereocenters. The number of hydrogen-bond acceptors (Lipinski definition) is 7. The van der Waals surface area contributed by atoms with E-state index in [1.165, 1.54) is 36.1 Å². The fourth-order valence-electron chi connectivity index (χ4n) is 6.43. The number of pyridine rings is 2. The molecule has 9 nitrogen and oxygen atoms in total. The largest absolute Gasteiger partial charge is 0.493 e. The van der Waals surface area contributed by atoms with E-state index in [1.54, 1.807) is 43.6 Å². The van der Waals surface area contributed by atoms with Crippen LogP contribution in [0.3, 0.4) is 0 Å². The van der Waals surface area contributed by atoms with Gasteiger partial charge in [0.1, 0.15) is 11.6 Å². The summed E-state index contributed by atoms with van der Waals surface area (Å²) in [5, 5.41) is 6.72. The number of nitrogens with two attached hydrogens (primary N) is 1. The van der Waals surface area contributed by atoms with Crippen molar-refractivity contribution in [2.75, 3.05) is 13.7 Å². The third-order valence-electron chi connectivity index (χ3n) is 9.15. The first-order valence-electron chi connectivity index (χ1n) is 16.7. The molecule has 262 valence electrons. The molecule has 11 heteroatoms. The molecule has 52 heavy (non-hydrogen) atoms. The molecule has 1 aliphatic carbocycles. The number of nitrogens with zero attached hydrogens (tertiary/aromatic N) is 3. The Morgan fingerprint density at radius 1 is 0.981 bits per heavy atom. The van der Waals surface area contributed by atoms with Crippen LogP contribution in [0.2, 0.25) is 0 Å². The van der Waals surface area contributed by atoms with Gasteiger partial charge < -0.3 is 19.9 Å². The number of aryl methyl sites for hydroxylation is 2. The predicted octanol–water partition coefficient (Wildman–Crippen LogP) is 8.90. The molecule has 6 aromatic rings. The molecule has 0 bridgehead atoms. The zero-order chi connectivity index (χ0) is 36.2. The lowest BCUT2D eigenvalue weighted by atomic mass is 9.76. The van der Waals surface area contributed by atoms with Crippen molar-refractivity contribution in [2.45, 2.75) is 31.6 Å². The minimum absolute atomic E-state index is 0.0359. The number of nitrogens with one attached hydrogen (secondary N) is 1. The van der Waals surface area contributed by atoms with Gasteiger partial charge in [-0.3, -0.25) is 4.98 Å². The summed E-state index contributed by atoms with van der Waals surface area (Å²) in [5.41, 5.74) is 11.6. The molecule has 0 saturated heterocycles. The number of carbonyl (C=O) groups excluding carboxylic acids is 1. The first-order chi connectivity index (χ1) is 25.2. The number of halogens is 2. The summed E-state index contributed by atoms with van der Waals surface area (Å²) in [5.74, 6) is 0.250. The normalized spacial score (nSPS) is 15.7. The molecule has 4 aromatic carbocycles. The Bertz CT molecular complexity index is 2430. The van der Waals surface area contributed by atoms with Gasteiger partial charge in [-0.1, -0.05) is 42.5 Å². The van der Waals surface area contributed by atoms with Gasteiger partial charge in [0.05, 0.1) is 35.7 Å². The number of para-hydroxylation sites is 1. The molecule has 0 saturated carbocycles. The average Bonchev–Trinajstić information content (AvgIpc) is 3.15. The van der Waals surface area contributed by atoms with Gasteiger partial charge in [0.25, 0.3) is 0 Å². The second-order valence-electron chi connectivity index (χ2n) is 12.5. The molecule has 1 aliphatic rings. The number of benzene rings is 4. The SMILES string of the molecule is COc1cc2c(Oc3ccc(C4(C=NNC(N)=O)C=CC(F)=CC4)cc3F)ccnc2cc1OCCCc1ccc(C)c2nc3ccccc3cc12. The van der Waals surface area contributed by atoms with Crippen molar-refractivity contribution in [1.29, 1.82) is 0 Å². The lowest BCUT2D eigenvalue weighted by Crippen LogP contribution is -2.30. The summed E-state index contributed by atoms with van der Waals surface area (Å²) >= 11 is 0. The maximum Gasteiger partial charge on any atom is 0.332 e. The zero-order valence-corrected chi connectivity index (χ0v) is 28.5. The number of hydrazone groups is 1. The van der Waals surface area contributed by atoms with Gasteiger partial charge in [-0.2, -0.15) is 5.10 Å². The molecule has 2 heterocycles. The minimum Gasteiger partial charge on any atom is -0.493 e. The number of amides is 2. The quantitative estimate of drug-likeness (QED) is 0.0603. The van der Waals surface area contributed by atoms with Crippen LogP contribution in [-0.4, -0.2) is 35.9 Å². The van der Waals surface area contributed by atoms with Crippen LogP contribution in [0.25, 0.3) is 32.7 Å². The van der Waals surface area contributed by atoms with E-state index < -0.39 is 23.1 Å². The lowest BCUT2D eigenvalue weighted by Gasteiger charge is -2.28. The van der Waals surface area contributed by atoms with Crippen LogP contribution in [0.1, 0.15) is 29.5 Å². The number of aromatic nitrogens is 2. The van der Waals surface area contributed by atoms with Crippen LogP contribution in [0.5, 0.6) is 23.0 Å². The van der Waals surface area contributed by atoms with Crippen LogP contribution in [0.4, 0.5) is 13.6 Å². The third-order valence-corrected chi connectivity index (χ3v) is 9.15. The maximum atomic E-state index is 15.6. The number of urea groups is 1. The first-order valence-corrected chi connectivity index (χ1v) is 16.7. The Morgan fingerprint density at radius 3 is 2.63 bits per heavy atom. The van der Waals surface area contributed by atoms with Crippen molar-refractivity contribution in [3.05, 3.63) is 132 Å². The second-order valence-corrected chi connectivity index (χ2v) is 12.5. The van der Waals surface area contributed by atoms with Gasteiger partial charge in [-0.15, -0.1) is 0 Å². The van der Waals surface area contributed by atoms with Crippen molar-refractivity contribution < 1.29 is 27.8 Å². The molecule has 1 atom stereocenters. The highest BCUT2D eigenvalue weighted by molar-refractivity contribution is 5.96. The maximum absolute atomic E-state index is 15.6. The van der Waals surface area contributed by atoms with E-state index in [2.05, 4.69) is 46.7 Å². The average molecular weight is 700 g/mol. The number of allylic oxidation sites excluding steroid dienone is 4. The molecule has 0 aliphatic heterocycles. The fourth-order valence-corrected chi connectivity index (χ4v) is 6.43. The van der Waals surface area contributed by atoms with Gasteiger partial charge in [0.15, 0.2) is 23.1 Å². The van der Waals surface area contributed by atoms with Gasteiger partial charge in [-0.05, 0) is 91.4 Å². The summed E-state index contributed by atoms with van der Waals surface area (Å²) < 4.78 is 47.4. The van der Waals surface area contributed by atoms with Crippen LogP contribution < -0.4 is 25.4 Å². The van der Waals surface area contributed by atoms with E-state index in [9.17, 15) is 9.18 Å². The molecule has 0 spiro atoms. The highest BCUT2D eigenvalue weighted by atomic mass is 19.1. The Balaban J connectivity index is 1.08. The molecule has 7 rings (SSSR count). The number of rotatable bonds is 11. The Morgan fingerprint density at radius 2 is 1.85 bits per heavy atom. The van der Waals surface area contributed by atoms with E-state index in [1.807, 2.05) is 18.2 Å². The summed E-state index contributed by atoms with van der Waals surface area (Å²) in [6.45, 7) is 2.52. The van der Waals surface area contributed by atoms with Crippen LogP contribution in [-0.2, 0) is 11.8 Å². The van der Waals surface area contributed by atoms with E-state index in [-0.39, 0.29) is 12.2 Å². The number of carbonyl (C=O) groups is 1. The molecule has 0 fully saturated rings. The van der Waals surface area contributed by atoms with E-state index in [0.717, 1.165) is 40.2 Å². The van der Waals surface area contributed by atoms with Crippen LogP contribution >= 0.6 is 0 Å². The predicted molar refractivity (Wildman–Crippen MR) is 198 cm³/mol. The van der Waals surface area contributed by atoms with Crippen LogP contribution in [0, 0.1) is 12.7 Å². The fraction of sp³-hybridized carbons (Fsp3) is 0.171. The zero-order valence-electron chi connectivity index (χ0n) is 28.5. The summed E-state index contributed by atoms with van der Waals surface area (Å²) in [6, 6.07) is 23.4. The Kier molecular flexibility index (Phi) is 9.49. The first kappa shape index (κ1) is 34.1. The number of ether oxygens (including phenoxy) is 3. The van der Waals surface area contributed by atoms with E-state index in [0.29, 0.717) is 40.3 Å². The lowest BCUT2D eigenvalue weighted by molar-refractivity contribution is 0.249. The standard InChI is InChI=1S/C41H35F2N5O4/c1-25-9-10-26(30-20-27-6-3-4-8-33(27)47-39(25)30)7-5-19-51-38-23-34-31(22-37(38)50-2)35(15-18-45-34)52-36-12-11-28(21-32(36)43)41(24-46-48-40(44)49)16-13-29(42)14-17-41/h3-4,6,8-16,18,20-24H,5,7,17,19H2,1-2H3,(H3,44,48,49). The van der Waals surface area contributed by atoms with Crippen molar-refractivity contribution in [3.63, 3.8) is 0 Å². The molecule has 2 amide bonds. The number of methoxy groups -OCH3 is 1. The van der Waals surface area contributed by atoms with Crippen molar-refractivity contribution in [3.8, 4) is 23.0 Å². The smallest absolute Gasteiger partial charge is 0.332 e. The van der Waals surface area contributed by atoms with Crippen molar-refractivity contribution in [2.24, 2.45) is 10.8 Å². The van der Waals surface area contributed by atoms with E-state index in [4.69, 9.17) is 24.9 Å². The number of primary amides is 1. The Hall–Kier alpha value is -6.36. The monoisotopic (exact) mass is 699 g/mol. The van der Waals surface area contributed by atoms with Gasteiger partial charge in [0.2, 0.25) is 0 Å². The number of hydrogen-bond donors (Lipinski definition) is 2. The van der Waals surface area contributed by atoms with Crippen molar-refractivity contribution in [1.82, 2.24) is 15.4 Å². The summed E-state index contributed by atoms with van der Waals surface area (Å²) in [4.78, 5) is 20.6. The molecule has 3 N–H and O–H groups in total.